The predicted molar refractivity (Wildman–Crippen MR) is 126 cm³/mol. The molecule has 1 aromatic carbocycles. The van der Waals surface area contributed by atoms with Crippen molar-refractivity contribution in [3.63, 3.8) is 0 Å². The highest BCUT2D eigenvalue weighted by atomic mass is 16.5. The van der Waals surface area contributed by atoms with E-state index in [4.69, 9.17) is 9.72 Å². The molecule has 1 unspecified atom stereocenters. The minimum absolute atomic E-state index is 0.189. The third kappa shape index (κ3) is 7.45. The molecule has 1 aliphatic carbocycles. The fourth-order valence-corrected chi connectivity index (χ4v) is 4.42. The smallest absolute Gasteiger partial charge is 0.311 e. The number of aromatic nitrogens is 2. The Morgan fingerprint density at radius 2 is 1.74 bits per heavy atom. The van der Waals surface area contributed by atoms with Crippen molar-refractivity contribution >= 4 is 5.97 Å². The molecule has 0 spiro atoms. The molecule has 1 aliphatic rings. The fraction of sp³-hybridized carbons (Fsp3) is 0.593. The summed E-state index contributed by atoms with van der Waals surface area (Å²) in [6.45, 7) is 4.24. The number of hydrogen-bond donors (Lipinski definition) is 0. The fourth-order valence-electron chi connectivity index (χ4n) is 4.42. The average molecular weight is 423 g/mol. The van der Waals surface area contributed by atoms with Gasteiger partial charge in [-0.1, -0.05) is 65.2 Å². The van der Waals surface area contributed by atoms with Gasteiger partial charge < -0.3 is 4.74 Å². The number of fused-ring (bicyclic) bond motifs is 1. The molecule has 1 heterocycles. The van der Waals surface area contributed by atoms with Gasteiger partial charge in [0.15, 0.2) is 5.82 Å². The molecule has 168 valence electrons. The second-order valence-electron chi connectivity index (χ2n) is 8.93. The van der Waals surface area contributed by atoms with Crippen molar-refractivity contribution in [1.82, 2.24) is 9.97 Å². The summed E-state index contributed by atoms with van der Waals surface area (Å²) in [5.41, 5.74) is 3.50. The van der Waals surface area contributed by atoms with Crippen LogP contribution in [0.5, 0.6) is 5.75 Å². The van der Waals surface area contributed by atoms with Crippen LogP contribution >= 0.6 is 0 Å². The van der Waals surface area contributed by atoms with Gasteiger partial charge in [-0.15, -0.1) is 0 Å². The normalized spacial score (nSPS) is 15.5. The van der Waals surface area contributed by atoms with Crippen LogP contribution in [0.4, 0.5) is 0 Å². The van der Waals surface area contributed by atoms with Crippen LogP contribution in [0.1, 0.15) is 95.7 Å². The van der Waals surface area contributed by atoms with E-state index in [2.05, 4.69) is 11.9 Å². The van der Waals surface area contributed by atoms with Crippen molar-refractivity contribution < 1.29 is 9.53 Å². The number of rotatable bonds is 12. The number of aryl methyl sites for hydroxylation is 1. The first-order valence-electron chi connectivity index (χ1n) is 12.4. The summed E-state index contributed by atoms with van der Waals surface area (Å²) in [6, 6.07) is 7.51. The zero-order chi connectivity index (χ0) is 21.9. The van der Waals surface area contributed by atoms with Gasteiger partial charge in [0.25, 0.3) is 0 Å². The van der Waals surface area contributed by atoms with Crippen molar-refractivity contribution in [2.45, 2.75) is 97.3 Å². The second-order valence-corrected chi connectivity index (χ2v) is 8.93. The molecule has 0 fully saturated rings. The number of carbonyl (C=O) groups excluding carboxylic acids is 1. The molecule has 0 saturated heterocycles. The largest absolute Gasteiger partial charge is 0.427 e. The van der Waals surface area contributed by atoms with Crippen molar-refractivity contribution in [1.29, 1.82) is 0 Å². The molecule has 2 aromatic rings. The minimum Gasteiger partial charge on any atom is -0.427 e. The molecule has 3 rings (SSSR count). The van der Waals surface area contributed by atoms with E-state index in [9.17, 15) is 4.79 Å². The Morgan fingerprint density at radius 3 is 2.48 bits per heavy atom. The van der Waals surface area contributed by atoms with E-state index < -0.39 is 0 Å². The van der Waals surface area contributed by atoms with Crippen LogP contribution in [0.3, 0.4) is 0 Å². The van der Waals surface area contributed by atoms with Crippen molar-refractivity contribution in [3.05, 3.63) is 41.7 Å². The molecule has 4 nitrogen and oxygen atoms in total. The van der Waals surface area contributed by atoms with Crippen molar-refractivity contribution in [2.24, 2.45) is 5.92 Å². The van der Waals surface area contributed by atoms with E-state index in [1.54, 1.807) is 0 Å². The van der Waals surface area contributed by atoms with Crippen LogP contribution in [-0.4, -0.2) is 15.9 Å². The molecular formula is C27H38N2O2. The lowest BCUT2D eigenvalue weighted by Crippen LogP contribution is -2.16. The first-order valence-corrected chi connectivity index (χ1v) is 12.4. The zero-order valence-electron chi connectivity index (χ0n) is 19.4. The predicted octanol–water partition coefficient (Wildman–Crippen LogP) is 7.09. The Labute approximate surface area is 187 Å². The molecule has 0 radical (unpaired) electrons. The highest BCUT2D eigenvalue weighted by Gasteiger charge is 2.20. The van der Waals surface area contributed by atoms with Crippen LogP contribution in [0.25, 0.3) is 11.4 Å². The Balaban J connectivity index is 1.49. The molecule has 4 heteroatoms. The Hall–Kier alpha value is -2.23. The van der Waals surface area contributed by atoms with Crippen LogP contribution in [-0.2, 0) is 17.6 Å². The third-order valence-electron chi connectivity index (χ3n) is 6.27. The highest BCUT2D eigenvalue weighted by Crippen LogP contribution is 2.29. The lowest BCUT2D eigenvalue weighted by Gasteiger charge is -2.24. The number of unbranched alkanes of at least 4 members (excludes halogenated alkanes) is 6. The van der Waals surface area contributed by atoms with Gasteiger partial charge in [0.1, 0.15) is 5.75 Å². The molecule has 0 saturated carbocycles. The summed E-state index contributed by atoms with van der Waals surface area (Å²) in [7, 11) is 0. The lowest BCUT2D eigenvalue weighted by atomic mass is 9.84. The first-order chi connectivity index (χ1) is 15.2. The van der Waals surface area contributed by atoms with Crippen molar-refractivity contribution in [2.75, 3.05) is 0 Å². The minimum atomic E-state index is -0.189. The van der Waals surface area contributed by atoms with Crippen LogP contribution in [0.15, 0.2) is 30.5 Å². The summed E-state index contributed by atoms with van der Waals surface area (Å²) in [5, 5.41) is 0. The quantitative estimate of drug-likeness (QED) is 0.208. The molecule has 0 amide bonds. The number of hydrogen-bond acceptors (Lipinski definition) is 4. The summed E-state index contributed by atoms with van der Waals surface area (Å²) < 4.78 is 5.33. The monoisotopic (exact) mass is 422 g/mol. The number of benzene rings is 1. The van der Waals surface area contributed by atoms with Gasteiger partial charge in [-0.25, -0.2) is 9.97 Å². The van der Waals surface area contributed by atoms with Gasteiger partial charge in [-0.2, -0.15) is 0 Å². The summed E-state index contributed by atoms with van der Waals surface area (Å²) in [6.07, 6.45) is 17.7. The van der Waals surface area contributed by atoms with Gasteiger partial charge in [0, 0.05) is 23.9 Å². The standard InChI is InChI=1S/C27H38N2O2/c1-3-5-6-7-8-9-10-12-21-13-18-25-23(19-21)20-28-27(29-25)22-14-16-24(17-15-22)31-26(30)11-4-2/h14-17,20-21H,3-13,18-19H2,1-2H3. The number of esters is 1. The van der Waals surface area contributed by atoms with Gasteiger partial charge in [-0.3, -0.25) is 4.79 Å². The van der Waals surface area contributed by atoms with Gasteiger partial charge >= 0.3 is 5.97 Å². The van der Waals surface area contributed by atoms with E-state index in [-0.39, 0.29) is 5.97 Å². The maximum Gasteiger partial charge on any atom is 0.311 e. The highest BCUT2D eigenvalue weighted by molar-refractivity contribution is 5.72. The first kappa shape index (κ1) is 23.4. The zero-order valence-corrected chi connectivity index (χ0v) is 19.4. The summed E-state index contributed by atoms with van der Waals surface area (Å²) in [4.78, 5) is 21.1. The van der Waals surface area contributed by atoms with Gasteiger partial charge in [-0.05, 0) is 61.4 Å². The molecular weight excluding hydrogens is 384 g/mol. The lowest BCUT2D eigenvalue weighted by molar-refractivity contribution is -0.134. The Morgan fingerprint density at radius 1 is 1.00 bits per heavy atom. The van der Waals surface area contributed by atoms with Crippen molar-refractivity contribution in [3.8, 4) is 17.1 Å². The van der Waals surface area contributed by atoms with Crippen LogP contribution in [0, 0.1) is 5.92 Å². The SMILES string of the molecule is CCCCCCCCCC1CCc2nc(-c3ccc(OC(=O)CCC)cc3)ncc2C1. The van der Waals surface area contributed by atoms with Crippen LogP contribution < -0.4 is 4.74 Å². The molecule has 0 bridgehead atoms. The molecule has 1 aromatic heterocycles. The molecule has 1 atom stereocenters. The molecule has 0 N–H and O–H groups in total. The summed E-state index contributed by atoms with van der Waals surface area (Å²) in [5.74, 6) is 1.94. The van der Waals surface area contributed by atoms with E-state index in [1.165, 1.54) is 69.0 Å². The van der Waals surface area contributed by atoms with E-state index in [0.29, 0.717) is 12.2 Å². The molecule has 31 heavy (non-hydrogen) atoms. The third-order valence-corrected chi connectivity index (χ3v) is 6.27. The second kappa shape index (κ2) is 12.6. The number of ether oxygens (including phenoxy) is 1. The van der Waals surface area contributed by atoms with E-state index in [1.807, 2.05) is 37.4 Å². The van der Waals surface area contributed by atoms with E-state index >= 15 is 0 Å². The van der Waals surface area contributed by atoms with Gasteiger partial charge in [0.2, 0.25) is 0 Å². The summed E-state index contributed by atoms with van der Waals surface area (Å²) >= 11 is 0. The van der Waals surface area contributed by atoms with Gasteiger partial charge in [0.05, 0.1) is 0 Å². The number of nitrogens with zero attached hydrogens (tertiary/aromatic N) is 2. The number of carbonyl (C=O) groups is 1. The maximum absolute atomic E-state index is 11.6. The average Bonchev–Trinajstić information content (AvgIpc) is 2.79. The topological polar surface area (TPSA) is 52.1 Å². The maximum atomic E-state index is 11.6. The Bertz CT molecular complexity index is 816. The van der Waals surface area contributed by atoms with E-state index in [0.717, 1.165) is 36.6 Å². The Kier molecular flexibility index (Phi) is 9.51. The molecule has 0 aliphatic heterocycles. The van der Waals surface area contributed by atoms with Crippen LogP contribution in [0.2, 0.25) is 0 Å².